The Morgan fingerprint density at radius 2 is 1.50 bits per heavy atom. The number of benzene rings is 3. The monoisotopic (exact) mass is 460 g/mol. The van der Waals surface area contributed by atoms with Crippen LogP contribution in [0.15, 0.2) is 72.8 Å². The number of carboxylic acids is 1. The number of fused-ring (bicyclic) bond motifs is 1. The van der Waals surface area contributed by atoms with Crippen LogP contribution in [0.25, 0.3) is 10.8 Å². The Morgan fingerprint density at radius 3 is 2.18 bits per heavy atom. The first-order valence-corrected chi connectivity index (χ1v) is 11.6. The van der Waals surface area contributed by atoms with Crippen LogP contribution in [0.5, 0.6) is 0 Å². The predicted molar refractivity (Wildman–Crippen MR) is 133 cm³/mol. The SMILES string of the molecule is CC(C)C[C@@H](CC(=O)O)C(=O)N[C@@H](Cc1ccc2ccccc2c1)C(=O)NCc1ccccc1. The van der Waals surface area contributed by atoms with Crippen LogP contribution >= 0.6 is 0 Å². The number of amides is 2. The fraction of sp³-hybridized carbons (Fsp3) is 0.321. The molecule has 0 saturated carbocycles. The summed E-state index contributed by atoms with van der Waals surface area (Å²) in [5.41, 5.74) is 1.87. The molecule has 0 radical (unpaired) electrons. The number of rotatable bonds is 11. The molecule has 0 aliphatic carbocycles. The van der Waals surface area contributed by atoms with Crippen molar-refractivity contribution >= 4 is 28.6 Å². The lowest BCUT2D eigenvalue weighted by atomic mass is 9.92. The zero-order valence-electron chi connectivity index (χ0n) is 19.7. The Morgan fingerprint density at radius 1 is 0.824 bits per heavy atom. The standard InChI is InChI=1S/C28H32N2O4/c1-19(2)14-24(17-26(31)32)27(33)30-25(28(34)29-18-20-8-4-3-5-9-20)16-21-12-13-22-10-6-7-11-23(22)15-21/h3-13,15,19,24-25H,14,16-18H2,1-2H3,(H,29,34)(H,30,33)(H,31,32)/t24-,25-/m0/s1. The van der Waals surface area contributed by atoms with E-state index in [-0.39, 0.29) is 18.2 Å². The van der Waals surface area contributed by atoms with Crippen LogP contribution in [0.4, 0.5) is 0 Å². The summed E-state index contributed by atoms with van der Waals surface area (Å²) < 4.78 is 0. The van der Waals surface area contributed by atoms with Gasteiger partial charge in [0.2, 0.25) is 11.8 Å². The number of carbonyl (C=O) groups is 3. The molecule has 0 aliphatic heterocycles. The van der Waals surface area contributed by atoms with Gasteiger partial charge in [-0.3, -0.25) is 14.4 Å². The molecule has 0 aromatic heterocycles. The quantitative estimate of drug-likeness (QED) is 0.397. The molecule has 6 nitrogen and oxygen atoms in total. The van der Waals surface area contributed by atoms with Crippen LogP contribution in [0.2, 0.25) is 0 Å². The topological polar surface area (TPSA) is 95.5 Å². The van der Waals surface area contributed by atoms with Gasteiger partial charge >= 0.3 is 5.97 Å². The molecule has 3 N–H and O–H groups in total. The number of carboxylic acid groups (broad SMARTS) is 1. The van der Waals surface area contributed by atoms with Crippen LogP contribution in [0, 0.1) is 11.8 Å². The molecule has 2 amide bonds. The van der Waals surface area contributed by atoms with Crippen LogP contribution in [0.1, 0.15) is 37.8 Å². The lowest BCUT2D eigenvalue weighted by Crippen LogP contribution is -2.49. The third-order valence-electron chi connectivity index (χ3n) is 5.74. The number of aliphatic carboxylic acids is 1. The highest BCUT2D eigenvalue weighted by molar-refractivity contribution is 5.90. The Bertz CT molecular complexity index is 1130. The maximum atomic E-state index is 13.1. The van der Waals surface area contributed by atoms with Gasteiger partial charge < -0.3 is 15.7 Å². The number of hydrogen-bond acceptors (Lipinski definition) is 3. The van der Waals surface area contributed by atoms with Crippen molar-refractivity contribution in [2.24, 2.45) is 11.8 Å². The van der Waals surface area contributed by atoms with Crippen molar-refractivity contribution in [2.75, 3.05) is 0 Å². The molecule has 178 valence electrons. The van der Waals surface area contributed by atoms with E-state index < -0.39 is 23.8 Å². The molecule has 2 atom stereocenters. The van der Waals surface area contributed by atoms with Crippen molar-refractivity contribution in [1.82, 2.24) is 10.6 Å². The van der Waals surface area contributed by atoms with Gasteiger partial charge in [0.1, 0.15) is 6.04 Å². The van der Waals surface area contributed by atoms with Crippen LogP contribution in [0.3, 0.4) is 0 Å². The predicted octanol–water partition coefficient (Wildman–Crippen LogP) is 4.32. The van der Waals surface area contributed by atoms with Gasteiger partial charge in [-0.1, -0.05) is 86.6 Å². The lowest BCUT2D eigenvalue weighted by molar-refractivity contribution is -0.141. The molecular weight excluding hydrogens is 428 g/mol. The maximum Gasteiger partial charge on any atom is 0.304 e. The molecular formula is C28H32N2O4. The second-order valence-corrected chi connectivity index (χ2v) is 9.07. The number of nitrogens with one attached hydrogen (secondary N) is 2. The van der Waals surface area contributed by atoms with E-state index in [1.165, 1.54) is 0 Å². The Balaban J connectivity index is 1.79. The first-order chi connectivity index (χ1) is 16.3. The summed E-state index contributed by atoms with van der Waals surface area (Å²) in [7, 11) is 0. The van der Waals surface area contributed by atoms with E-state index in [1.54, 1.807) is 0 Å². The third kappa shape index (κ3) is 7.44. The Hall–Kier alpha value is -3.67. The average molecular weight is 461 g/mol. The zero-order chi connectivity index (χ0) is 24.5. The van der Waals surface area contributed by atoms with Crippen LogP contribution in [-0.4, -0.2) is 28.9 Å². The molecule has 0 saturated heterocycles. The normalized spacial score (nSPS) is 12.8. The molecule has 0 fully saturated rings. The smallest absolute Gasteiger partial charge is 0.304 e. The summed E-state index contributed by atoms with van der Waals surface area (Å²) in [6.45, 7) is 4.23. The molecule has 0 unspecified atom stereocenters. The summed E-state index contributed by atoms with van der Waals surface area (Å²) in [5, 5.41) is 17.2. The lowest BCUT2D eigenvalue weighted by Gasteiger charge is -2.23. The second-order valence-electron chi connectivity index (χ2n) is 9.07. The highest BCUT2D eigenvalue weighted by Crippen LogP contribution is 2.19. The van der Waals surface area contributed by atoms with Gasteiger partial charge in [0.05, 0.1) is 6.42 Å². The van der Waals surface area contributed by atoms with E-state index in [0.29, 0.717) is 19.4 Å². The van der Waals surface area contributed by atoms with Crippen molar-refractivity contribution in [2.45, 2.75) is 45.7 Å². The average Bonchev–Trinajstić information content (AvgIpc) is 2.81. The summed E-state index contributed by atoms with van der Waals surface area (Å²) in [4.78, 5) is 37.5. The van der Waals surface area contributed by atoms with Gasteiger partial charge in [0, 0.05) is 18.9 Å². The van der Waals surface area contributed by atoms with E-state index in [4.69, 9.17) is 0 Å². The Labute approximate surface area is 200 Å². The van der Waals surface area contributed by atoms with E-state index in [9.17, 15) is 19.5 Å². The van der Waals surface area contributed by atoms with Gasteiger partial charge in [-0.15, -0.1) is 0 Å². The summed E-state index contributed by atoms with van der Waals surface area (Å²) in [6.07, 6.45) is 0.476. The number of carbonyl (C=O) groups excluding carboxylic acids is 2. The van der Waals surface area contributed by atoms with Crippen molar-refractivity contribution in [3.63, 3.8) is 0 Å². The highest BCUT2D eigenvalue weighted by Gasteiger charge is 2.28. The maximum absolute atomic E-state index is 13.1. The second kappa shape index (κ2) is 12.0. The summed E-state index contributed by atoms with van der Waals surface area (Å²) in [6, 6.07) is 22.7. The van der Waals surface area contributed by atoms with Crippen LogP contribution in [-0.2, 0) is 27.3 Å². The van der Waals surface area contributed by atoms with Gasteiger partial charge in [-0.25, -0.2) is 0 Å². The molecule has 3 aromatic carbocycles. The molecule has 0 aliphatic rings. The van der Waals surface area contributed by atoms with Crippen molar-refractivity contribution in [3.05, 3.63) is 83.9 Å². The summed E-state index contributed by atoms with van der Waals surface area (Å²) >= 11 is 0. The molecule has 34 heavy (non-hydrogen) atoms. The highest BCUT2D eigenvalue weighted by atomic mass is 16.4. The van der Waals surface area contributed by atoms with Crippen molar-refractivity contribution < 1.29 is 19.5 Å². The van der Waals surface area contributed by atoms with Gasteiger partial charge in [-0.05, 0) is 34.2 Å². The van der Waals surface area contributed by atoms with Crippen molar-refractivity contribution in [3.8, 4) is 0 Å². The molecule has 0 spiro atoms. The largest absolute Gasteiger partial charge is 0.481 e. The molecule has 3 rings (SSSR count). The fourth-order valence-corrected chi connectivity index (χ4v) is 4.07. The number of hydrogen-bond donors (Lipinski definition) is 3. The minimum atomic E-state index is -1.03. The first kappa shape index (κ1) is 25.0. The van der Waals surface area contributed by atoms with E-state index >= 15 is 0 Å². The molecule has 0 bridgehead atoms. The van der Waals surface area contributed by atoms with Gasteiger partial charge in [-0.2, -0.15) is 0 Å². The Kier molecular flexibility index (Phi) is 8.79. The first-order valence-electron chi connectivity index (χ1n) is 11.6. The van der Waals surface area contributed by atoms with Gasteiger partial charge in [0.15, 0.2) is 0 Å². The van der Waals surface area contributed by atoms with Gasteiger partial charge in [0.25, 0.3) is 0 Å². The van der Waals surface area contributed by atoms with Crippen molar-refractivity contribution in [1.29, 1.82) is 0 Å². The fourth-order valence-electron chi connectivity index (χ4n) is 4.07. The molecule has 0 heterocycles. The summed E-state index contributed by atoms with van der Waals surface area (Å²) in [5.74, 6) is -2.28. The zero-order valence-corrected chi connectivity index (χ0v) is 19.7. The minimum Gasteiger partial charge on any atom is -0.481 e. The van der Waals surface area contributed by atoms with Crippen LogP contribution < -0.4 is 10.6 Å². The molecule has 3 aromatic rings. The molecule has 6 heteroatoms. The van der Waals surface area contributed by atoms with E-state index in [1.807, 2.05) is 86.6 Å². The van der Waals surface area contributed by atoms with E-state index in [2.05, 4.69) is 10.6 Å². The van der Waals surface area contributed by atoms with E-state index in [0.717, 1.165) is 21.9 Å². The third-order valence-corrected chi connectivity index (χ3v) is 5.74. The minimum absolute atomic E-state index is 0.154.